The Bertz CT molecular complexity index is 1490. The van der Waals surface area contributed by atoms with E-state index in [9.17, 15) is 14.4 Å². The minimum Gasteiger partial charge on any atom is -0.486 e. The van der Waals surface area contributed by atoms with Crippen LogP contribution in [0.2, 0.25) is 0 Å². The number of nitrogens with zero attached hydrogens (tertiary/aromatic N) is 6. The predicted octanol–water partition coefficient (Wildman–Crippen LogP) is 5.25. The van der Waals surface area contributed by atoms with E-state index in [1.54, 1.807) is 18.2 Å². The average molecular weight is 602 g/mol. The summed E-state index contributed by atoms with van der Waals surface area (Å²) in [4.78, 5) is 29.0. The van der Waals surface area contributed by atoms with Gasteiger partial charge in [0.2, 0.25) is 5.95 Å². The Morgan fingerprint density at radius 2 is 1.91 bits per heavy atom. The van der Waals surface area contributed by atoms with Crippen LogP contribution >= 0.6 is 0 Å². The fourth-order valence-corrected chi connectivity index (χ4v) is 5.81. The van der Waals surface area contributed by atoms with Crippen molar-refractivity contribution in [1.82, 2.24) is 19.9 Å². The second-order valence-electron chi connectivity index (χ2n) is 11.4. The molecule has 0 aliphatic carbocycles. The number of aromatic nitrogens is 3. The van der Waals surface area contributed by atoms with Crippen molar-refractivity contribution in [3.8, 4) is 23.2 Å². The van der Waals surface area contributed by atoms with Crippen LogP contribution in [-0.4, -0.2) is 83.2 Å². The lowest BCUT2D eigenvalue weighted by molar-refractivity contribution is 0.0161. The molecule has 3 aliphatic rings. The molecule has 3 fully saturated rings. The maximum absolute atomic E-state index is 15.0. The zero-order chi connectivity index (χ0) is 30.5. The maximum Gasteiger partial charge on any atom is 0.409 e. The first-order valence-electron chi connectivity index (χ1n) is 15.2. The largest absolute Gasteiger partial charge is 0.486 e. The van der Waals surface area contributed by atoms with E-state index < -0.39 is 18.4 Å². The van der Waals surface area contributed by atoms with Crippen LogP contribution < -0.4 is 15.0 Å². The molecule has 1 amide bonds. The van der Waals surface area contributed by atoms with Crippen molar-refractivity contribution in [2.24, 2.45) is 0 Å². The van der Waals surface area contributed by atoms with Crippen LogP contribution in [0, 0.1) is 11.3 Å². The van der Waals surface area contributed by atoms with Gasteiger partial charge in [0.15, 0.2) is 12.0 Å². The summed E-state index contributed by atoms with van der Waals surface area (Å²) in [7, 11) is 0. The van der Waals surface area contributed by atoms with Crippen LogP contribution in [0.5, 0.6) is 5.75 Å². The number of halogens is 1. The van der Waals surface area contributed by atoms with Crippen LogP contribution in [0.1, 0.15) is 44.6 Å². The highest BCUT2D eigenvalue weighted by atomic mass is 19.1. The maximum atomic E-state index is 15.0. The molecule has 0 spiro atoms. The molecule has 6 rings (SSSR count). The fourth-order valence-electron chi connectivity index (χ4n) is 5.81. The minimum atomic E-state index is -1.41. The van der Waals surface area contributed by atoms with E-state index in [1.165, 1.54) is 11.2 Å². The SMILES string of the molecule is CCCCOC(=O)N1CCC(Oc2ccc(-c3ncnc(Nc4ccc(N5CC6CCC(C5)O6)cc4)n3)cc2C#N)C(F)C1. The smallest absolute Gasteiger partial charge is 0.409 e. The Hall–Kier alpha value is -4.50. The first kappa shape index (κ1) is 29.6. The van der Waals surface area contributed by atoms with Crippen molar-refractivity contribution >= 4 is 23.4 Å². The molecule has 44 heavy (non-hydrogen) atoms. The van der Waals surface area contributed by atoms with Gasteiger partial charge in [-0.2, -0.15) is 10.2 Å². The number of rotatable bonds is 9. The van der Waals surface area contributed by atoms with Crippen molar-refractivity contribution in [2.75, 3.05) is 43.0 Å². The number of nitrogens with one attached hydrogen (secondary N) is 1. The number of hydrogen-bond acceptors (Lipinski definition) is 10. The van der Waals surface area contributed by atoms with Gasteiger partial charge in [-0.15, -0.1) is 0 Å². The summed E-state index contributed by atoms with van der Waals surface area (Å²) in [5.41, 5.74) is 2.83. The number of ether oxygens (including phenoxy) is 3. The standard InChI is InChI=1S/C32H36FN7O4/c1-2-3-14-42-32(41)39-13-12-29(27(33)19-39)44-28-11-4-21(15-22(28)16-34)30-35-20-36-31(38-30)37-23-5-7-24(8-6-23)40-17-25-9-10-26(18-40)43-25/h4-8,11,15,20,25-27,29H,2-3,9-10,12-14,17-19H2,1H3,(H,35,36,37,38). The van der Waals surface area contributed by atoms with E-state index in [-0.39, 0.29) is 24.3 Å². The summed E-state index contributed by atoms with van der Waals surface area (Å²) in [6.07, 6.45) is 3.57. The Kier molecular flexibility index (Phi) is 9.02. The molecule has 2 aromatic carbocycles. The van der Waals surface area contributed by atoms with Gasteiger partial charge in [0, 0.05) is 43.0 Å². The third kappa shape index (κ3) is 6.83. The van der Waals surface area contributed by atoms with Gasteiger partial charge in [-0.05, 0) is 61.7 Å². The second kappa shape index (κ2) is 13.4. The van der Waals surface area contributed by atoms with E-state index in [1.807, 2.05) is 19.1 Å². The Morgan fingerprint density at radius 3 is 2.64 bits per heavy atom. The number of benzene rings is 2. The number of morpholine rings is 1. The number of amides is 1. The number of anilines is 3. The van der Waals surface area contributed by atoms with Crippen LogP contribution in [0.3, 0.4) is 0 Å². The first-order valence-corrected chi connectivity index (χ1v) is 15.2. The van der Waals surface area contributed by atoms with Crippen molar-refractivity contribution in [3.63, 3.8) is 0 Å². The van der Waals surface area contributed by atoms with Crippen molar-refractivity contribution in [3.05, 3.63) is 54.4 Å². The molecule has 4 heterocycles. The molecule has 3 saturated heterocycles. The van der Waals surface area contributed by atoms with E-state index >= 15 is 0 Å². The van der Waals surface area contributed by atoms with Crippen molar-refractivity contribution in [1.29, 1.82) is 5.26 Å². The zero-order valence-corrected chi connectivity index (χ0v) is 24.7. The number of piperidine rings is 1. The normalized spacial score (nSPS) is 22.8. The molecule has 1 aromatic heterocycles. The van der Waals surface area contributed by atoms with E-state index in [0.717, 1.165) is 50.1 Å². The summed E-state index contributed by atoms with van der Waals surface area (Å²) >= 11 is 0. The second-order valence-corrected chi connectivity index (χ2v) is 11.4. The Balaban J connectivity index is 1.08. The minimum absolute atomic E-state index is 0.118. The number of carbonyl (C=O) groups excluding carboxylic acids is 1. The third-order valence-corrected chi connectivity index (χ3v) is 8.20. The van der Waals surface area contributed by atoms with Gasteiger partial charge in [0.25, 0.3) is 0 Å². The fraction of sp³-hybridized carbons (Fsp3) is 0.469. The van der Waals surface area contributed by atoms with Gasteiger partial charge in [0.1, 0.15) is 24.3 Å². The molecule has 2 bridgehead atoms. The van der Waals surface area contributed by atoms with Gasteiger partial charge in [0.05, 0.1) is 30.9 Å². The Labute approximate surface area is 256 Å². The molecule has 230 valence electrons. The monoisotopic (exact) mass is 601 g/mol. The zero-order valence-electron chi connectivity index (χ0n) is 24.7. The van der Waals surface area contributed by atoms with Gasteiger partial charge < -0.3 is 29.3 Å². The third-order valence-electron chi connectivity index (χ3n) is 8.20. The lowest BCUT2D eigenvalue weighted by Crippen LogP contribution is -2.49. The summed E-state index contributed by atoms with van der Waals surface area (Å²) in [6.45, 7) is 4.35. The summed E-state index contributed by atoms with van der Waals surface area (Å²) in [5.74, 6) is 1.01. The molecular formula is C32H36FN7O4. The number of likely N-dealkylation sites (tertiary alicyclic amines) is 1. The molecule has 12 heteroatoms. The van der Waals surface area contributed by atoms with Gasteiger partial charge in [-0.3, -0.25) is 0 Å². The van der Waals surface area contributed by atoms with Crippen LogP contribution in [0.15, 0.2) is 48.8 Å². The Morgan fingerprint density at radius 1 is 1.11 bits per heavy atom. The molecule has 3 aliphatic heterocycles. The number of hydrogen-bond donors (Lipinski definition) is 1. The van der Waals surface area contributed by atoms with Gasteiger partial charge in [-0.25, -0.2) is 19.2 Å². The summed E-state index contributed by atoms with van der Waals surface area (Å²) < 4.78 is 32.1. The molecular weight excluding hydrogens is 565 g/mol. The van der Waals surface area contributed by atoms with Crippen LogP contribution in [0.25, 0.3) is 11.4 Å². The first-order chi connectivity index (χ1) is 21.5. The highest BCUT2D eigenvalue weighted by Crippen LogP contribution is 2.31. The summed E-state index contributed by atoms with van der Waals surface area (Å²) in [6, 6.07) is 15.3. The molecule has 4 unspecified atom stereocenters. The quantitative estimate of drug-likeness (QED) is 0.325. The lowest BCUT2D eigenvalue weighted by Gasteiger charge is -2.34. The number of carbonyl (C=O) groups is 1. The molecule has 1 N–H and O–H groups in total. The number of unbranched alkanes of at least 4 members (excludes halogenated alkanes) is 1. The lowest BCUT2D eigenvalue weighted by atomic mass is 10.1. The summed E-state index contributed by atoms with van der Waals surface area (Å²) in [5, 5.41) is 13.1. The van der Waals surface area contributed by atoms with Crippen molar-refractivity contribution < 1.29 is 23.4 Å². The van der Waals surface area contributed by atoms with Crippen LogP contribution in [0.4, 0.5) is 26.5 Å². The molecule has 0 saturated carbocycles. The van der Waals surface area contributed by atoms with Crippen molar-refractivity contribution in [2.45, 2.75) is 63.5 Å². The highest BCUT2D eigenvalue weighted by Gasteiger charge is 2.35. The van der Waals surface area contributed by atoms with Crippen LogP contribution in [-0.2, 0) is 9.47 Å². The van der Waals surface area contributed by atoms with Gasteiger partial charge >= 0.3 is 6.09 Å². The molecule has 3 aromatic rings. The van der Waals surface area contributed by atoms with E-state index in [2.05, 4.69) is 43.4 Å². The number of fused-ring (bicyclic) bond motifs is 2. The highest BCUT2D eigenvalue weighted by molar-refractivity contribution is 5.68. The van der Waals surface area contributed by atoms with Gasteiger partial charge in [-0.1, -0.05) is 13.3 Å². The average Bonchev–Trinajstić information content (AvgIpc) is 3.39. The van der Waals surface area contributed by atoms with E-state index in [0.29, 0.717) is 42.7 Å². The topological polar surface area (TPSA) is 126 Å². The number of nitriles is 1. The molecule has 4 atom stereocenters. The predicted molar refractivity (Wildman–Crippen MR) is 162 cm³/mol. The molecule has 11 nitrogen and oxygen atoms in total. The number of alkyl halides is 1. The van der Waals surface area contributed by atoms with E-state index in [4.69, 9.17) is 14.2 Å². The molecule has 0 radical (unpaired) electrons.